The Morgan fingerprint density at radius 3 is 2.65 bits per heavy atom. The number of nitriles is 1. The minimum absolute atomic E-state index is 0.0791. The molecule has 1 aromatic rings. The van der Waals surface area contributed by atoms with Gasteiger partial charge >= 0.3 is 0 Å². The summed E-state index contributed by atoms with van der Waals surface area (Å²) < 4.78 is 0. The molecule has 120 valence electrons. The highest BCUT2D eigenvalue weighted by atomic mass is 16.2. The fourth-order valence-electron chi connectivity index (χ4n) is 2.32. The summed E-state index contributed by atoms with van der Waals surface area (Å²) in [5, 5.41) is 12.5. The van der Waals surface area contributed by atoms with Crippen molar-refractivity contribution >= 4 is 23.2 Å². The van der Waals surface area contributed by atoms with Crippen LogP contribution in [0.15, 0.2) is 36.0 Å². The number of rotatable bonds is 3. The van der Waals surface area contributed by atoms with Gasteiger partial charge in [-0.05, 0) is 18.2 Å². The zero-order valence-corrected chi connectivity index (χ0v) is 13.0. The van der Waals surface area contributed by atoms with Gasteiger partial charge in [-0.3, -0.25) is 14.5 Å². The van der Waals surface area contributed by atoms with Crippen LogP contribution >= 0.6 is 0 Å². The van der Waals surface area contributed by atoms with E-state index in [-0.39, 0.29) is 17.4 Å². The van der Waals surface area contributed by atoms with E-state index >= 15 is 0 Å². The summed E-state index contributed by atoms with van der Waals surface area (Å²) in [5.74, 6) is -0.680. The molecule has 0 atom stereocenters. The number of piperazine rings is 1. The Morgan fingerprint density at radius 2 is 2.09 bits per heavy atom. The number of amides is 2. The van der Waals surface area contributed by atoms with Gasteiger partial charge in [0, 0.05) is 45.0 Å². The van der Waals surface area contributed by atoms with Crippen LogP contribution in [-0.4, -0.2) is 42.9 Å². The number of nitrogens with zero attached hydrogens (tertiary/aromatic N) is 3. The standard InChI is InChI=1S/C16H19N5O2/c1-12(22)21(15-4-2-3-14(18)9-15)11-13(10-17)16(23)20-7-5-19-6-8-20/h2-4,9,11,19H,5-8,18H2,1H3/b13-11-. The topological polar surface area (TPSA) is 102 Å². The molecule has 7 heteroatoms. The lowest BCUT2D eigenvalue weighted by Gasteiger charge is -2.27. The van der Waals surface area contributed by atoms with E-state index < -0.39 is 0 Å². The summed E-state index contributed by atoms with van der Waals surface area (Å²) in [5.41, 5.74) is 6.66. The first-order valence-electron chi connectivity index (χ1n) is 7.30. The monoisotopic (exact) mass is 313 g/mol. The van der Waals surface area contributed by atoms with Gasteiger partial charge in [-0.25, -0.2) is 0 Å². The highest BCUT2D eigenvalue weighted by Gasteiger charge is 2.22. The first-order chi connectivity index (χ1) is 11.0. The molecule has 0 radical (unpaired) electrons. The van der Waals surface area contributed by atoms with Gasteiger partial charge in [0.05, 0.1) is 5.69 Å². The summed E-state index contributed by atoms with van der Waals surface area (Å²) in [6, 6.07) is 8.60. The third-order valence-electron chi connectivity index (χ3n) is 3.50. The Morgan fingerprint density at radius 1 is 1.39 bits per heavy atom. The molecule has 0 aliphatic carbocycles. The SMILES string of the molecule is CC(=O)N(/C=C(/C#N)C(=O)N1CCNCC1)c1cccc(N)c1. The van der Waals surface area contributed by atoms with Gasteiger partial charge in [-0.1, -0.05) is 6.07 Å². The maximum atomic E-state index is 12.4. The van der Waals surface area contributed by atoms with Gasteiger partial charge < -0.3 is 16.0 Å². The van der Waals surface area contributed by atoms with Crippen LogP contribution in [0.1, 0.15) is 6.92 Å². The van der Waals surface area contributed by atoms with Crippen molar-refractivity contribution in [2.24, 2.45) is 0 Å². The number of carbonyl (C=O) groups is 2. The third-order valence-corrected chi connectivity index (χ3v) is 3.50. The summed E-state index contributed by atoms with van der Waals surface area (Å²) >= 11 is 0. The Balaban J connectivity index is 2.30. The fraction of sp³-hybridized carbons (Fsp3) is 0.312. The average molecular weight is 313 g/mol. The van der Waals surface area contributed by atoms with Gasteiger partial charge in [-0.2, -0.15) is 5.26 Å². The van der Waals surface area contributed by atoms with Gasteiger partial charge in [0.25, 0.3) is 5.91 Å². The van der Waals surface area contributed by atoms with E-state index in [1.165, 1.54) is 18.0 Å². The van der Waals surface area contributed by atoms with Crippen LogP contribution in [0.3, 0.4) is 0 Å². The maximum absolute atomic E-state index is 12.4. The van der Waals surface area contributed by atoms with Crippen molar-refractivity contribution in [1.29, 1.82) is 5.26 Å². The Kier molecular flexibility index (Phi) is 5.33. The van der Waals surface area contributed by atoms with Crippen molar-refractivity contribution in [2.45, 2.75) is 6.92 Å². The summed E-state index contributed by atoms with van der Waals surface area (Å²) in [7, 11) is 0. The second-order valence-electron chi connectivity index (χ2n) is 5.18. The van der Waals surface area contributed by atoms with Crippen LogP contribution in [0.25, 0.3) is 0 Å². The molecule has 0 aromatic heterocycles. The Labute approximate surface area is 135 Å². The van der Waals surface area contributed by atoms with Crippen LogP contribution < -0.4 is 16.0 Å². The van der Waals surface area contributed by atoms with E-state index in [9.17, 15) is 14.9 Å². The molecule has 2 rings (SSSR count). The molecule has 2 amide bonds. The molecule has 0 spiro atoms. The van der Waals surface area contributed by atoms with Crippen molar-refractivity contribution in [2.75, 3.05) is 36.8 Å². The predicted molar refractivity (Wildman–Crippen MR) is 87.2 cm³/mol. The molecular weight excluding hydrogens is 294 g/mol. The van der Waals surface area contributed by atoms with E-state index in [1.807, 2.05) is 6.07 Å². The van der Waals surface area contributed by atoms with E-state index in [0.29, 0.717) is 37.6 Å². The highest BCUT2D eigenvalue weighted by molar-refractivity contribution is 6.01. The molecule has 1 aliphatic rings. The minimum Gasteiger partial charge on any atom is -0.399 e. The number of nitrogens with two attached hydrogens (primary N) is 1. The van der Waals surface area contributed by atoms with Gasteiger partial charge in [0.2, 0.25) is 5.91 Å². The van der Waals surface area contributed by atoms with Crippen molar-refractivity contribution in [3.63, 3.8) is 0 Å². The van der Waals surface area contributed by atoms with Crippen LogP contribution in [0.5, 0.6) is 0 Å². The number of hydrogen-bond acceptors (Lipinski definition) is 5. The third kappa shape index (κ3) is 4.08. The van der Waals surface area contributed by atoms with Crippen molar-refractivity contribution in [3.05, 3.63) is 36.0 Å². The first kappa shape index (κ1) is 16.5. The van der Waals surface area contributed by atoms with Crippen LogP contribution in [-0.2, 0) is 9.59 Å². The van der Waals surface area contributed by atoms with Crippen molar-refractivity contribution < 1.29 is 9.59 Å². The van der Waals surface area contributed by atoms with E-state index in [1.54, 1.807) is 29.2 Å². The number of hydrogen-bond donors (Lipinski definition) is 2. The van der Waals surface area contributed by atoms with Crippen LogP contribution in [0.2, 0.25) is 0 Å². The van der Waals surface area contributed by atoms with Gasteiger partial charge in [-0.15, -0.1) is 0 Å². The largest absolute Gasteiger partial charge is 0.399 e. The summed E-state index contributed by atoms with van der Waals surface area (Å²) in [6.45, 7) is 3.82. The number of nitrogens with one attached hydrogen (secondary N) is 1. The van der Waals surface area contributed by atoms with E-state index in [4.69, 9.17) is 5.73 Å². The molecule has 0 bridgehead atoms. The Bertz CT molecular complexity index is 671. The molecule has 1 fully saturated rings. The molecule has 3 N–H and O–H groups in total. The molecule has 1 heterocycles. The normalized spacial score (nSPS) is 15.0. The lowest BCUT2D eigenvalue weighted by Crippen LogP contribution is -2.47. The zero-order chi connectivity index (χ0) is 16.8. The van der Waals surface area contributed by atoms with Crippen LogP contribution in [0, 0.1) is 11.3 Å². The summed E-state index contributed by atoms with van der Waals surface area (Å²) in [6.07, 6.45) is 1.28. The summed E-state index contributed by atoms with van der Waals surface area (Å²) in [4.78, 5) is 27.2. The molecular formula is C16H19N5O2. The number of benzene rings is 1. The van der Waals surface area contributed by atoms with Gasteiger partial charge in [0.15, 0.2) is 0 Å². The van der Waals surface area contributed by atoms with Crippen LogP contribution in [0.4, 0.5) is 11.4 Å². The molecule has 0 saturated carbocycles. The smallest absolute Gasteiger partial charge is 0.266 e. The quantitative estimate of drug-likeness (QED) is 0.479. The second kappa shape index (κ2) is 7.42. The minimum atomic E-state index is -0.371. The molecule has 1 saturated heterocycles. The number of anilines is 2. The molecule has 7 nitrogen and oxygen atoms in total. The number of carbonyl (C=O) groups excluding carboxylic acids is 2. The van der Waals surface area contributed by atoms with E-state index in [2.05, 4.69) is 5.32 Å². The molecule has 0 unspecified atom stereocenters. The zero-order valence-electron chi connectivity index (χ0n) is 13.0. The second-order valence-corrected chi connectivity index (χ2v) is 5.18. The first-order valence-corrected chi connectivity index (χ1v) is 7.30. The lowest BCUT2D eigenvalue weighted by atomic mass is 10.2. The van der Waals surface area contributed by atoms with Crippen molar-refractivity contribution in [1.82, 2.24) is 10.2 Å². The molecule has 1 aromatic carbocycles. The number of nitrogen functional groups attached to an aromatic ring is 1. The van der Waals surface area contributed by atoms with Gasteiger partial charge in [0.1, 0.15) is 11.6 Å². The average Bonchev–Trinajstić information content (AvgIpc) is 2.55. The van der Waals surface area contributed by atoms with E-state index in [0.717, 1.165) is 0 Å². The fourth-order valence-corrected chi connectivity index (χ4v) is 2.32. The highest BCUT2D eigenvalue weighted by Crippen LogP contribution is 2.19. The van der Waals surface area contributed by atoms with Crippen molar-refractivity contribution in [3.8, 4) is 6.07 Å². The molecule has 1 aliphatic heterocycles. The lowest BCUT2D eigenvalue weighted by molar-refractivity contribution is -0.127. The molecule has 23 heavy (non-hydrogen) atoms. The Hall–Kier alpha value is -2.85. The maximum Gasteiger partial charge on any atom is 0.266 e. The predicted octanol–water partition coefficient (Wildman–Crippen LogP) is 0.461.